The highest BCUT2D eigenvalue weighted by molar-refractivity contribution is 5.76. The van der Waals surface area contributed by atoms with Gasteiger partial charge in [0.1, 0.15) is 0 Å². The van der Waals surface area contributed by atoms with Crippen LogP contribution in [0, 0.1) is 11.8 Å². The lowest BCUT2D eigenvalue weighted by atomic mass is 9.71. The molecule has 4 nitrogen and oxygen atoms in total. The van der Waals surface area contributed by atoms with Crippen LogP contribution < -0.4 is 5.73 Å². The maximum Gasteiger partial charge on any atom is 0.222 e. The number of rotatable bonds is 6. The van der Waals surface area contributed by atoms with Crippen LogP contribution in [0.2, 0.25) is 0 Å². The predicted octanol–water partition coefficient (Wildman–Crippen LogP) is 2.30. The number of hydrogen-bond acceptors (Lipinski definition) is 3. The lowest BCUT2D eigenvalue weighted by molar-refractivity contribution is -0.143. The molecule has 4 heteroatoms. The number of fused-ring (bicyclic) bond motifs is 1. The van der Waals surface area contributed by atoms with Crippen molar-refractivity contribution in [3.05, 3.63) is 0 Å². The molecule has 1 saturated heterocycles. The van der Waals surface area contributed by atoms with Gasteiger partial charge < -0.3 is 15.7 Å². The van der Waals surface area contributed by atoms with E-state index in [1.807, 2.05) is 4.90 Å². The summed E-state index contributed by atoms with van der Waals surface area (Å²) in [7, 11) is 0. The van der Waals surface area contributed by atoms with Crippen molar-refractivity contribution in [3.8, 4) is 0 Å². The molecular weight excluding hydrogens is 264 g/mol. The molecule has 2 rings (SSSR count). The van der Waals surface area contributed by atoms with E-state index in [0.717, 1.165) is 58.0 Å². The number of carbonyl (C=O) groups excluding carboxylic acids is 1. The Morgan fingerprint density at radius 3 is 2.90 bits per heavy atom. The Hall–Kier alpha value is -0.610. The monoisotopic (exact) mass is 296 g/mol. The third kappa shape index (κ3) is 4.19. The highest BCUT2D eigenvalue weighted by Crippen LogP contribution is 2.39. The van der Waals surface area contributed by atoms with E-state index in [-0.39, 0.29) is 5.91 Å². The predicted molar refractivity (Wildman–Crippen MR) is 84.8 cm³/mol. The van der Waals surface area contributed by atoms with Crippen LogP contribution in [0.25, 0.3) is 0 Å². The number of piperidine rings is 1. The Kier molecular flexibility index (Phi) is 6.06. The van der Waals surface area contributed by atoms with E-state index in [4.69, 9.17) is 5.73 Å². The van der Waals surface area contributed by atoms with Crippen LogP contribution in [0.5, 0.6) is 0 Å². The van der Waals surface area contributed by atoms with E-state index < -0.39 is 5.60 Å². The third-order valence-corrected chi connectivity index (χ3v) is 5.70. The van der Waals surface area contributed by atoms with E-state index in [1.54, 1.807) is 0 Å². The summed E-state index contributed by atoms with van der Waals surface area (Å²) in [6.45, 7) is 4.39. The Bertz CT molecular complexity index is 348. The molecule has 21 heavy (non-hydrogen) atoms. The molecular formula is C17H32N2O2. The number of carbonyl (C=O) groups is 1. The number of nitrogens with zero attached hydrogens (tertiary/aromatic N) is 1. The molecule has 3 unspecified atom stereocenters. The van der Waals surface area contributed by atoms with Gasteiger partial charge >= 0.3 is 0 Å². The fourth-order valence-corrected chi connectivity index (χ4v) is 4.07. The largest absolute Gasteiger partial charge is 0.389 e. The summed E-state index contributed by atoms with van der Waals surface area (Å²) in [5.74, 6) is 1.16. The SMILES string of the molecule is CCC(CCN)CCC(=O)N1CCC2(O)CCCCC2C1. The van der Waals surface area contributed by atoms with Crippen molar-refractivity contribution in [2.24, 2.45) is 17.6 Å². The molecule has 0 aromatic carbocycles. The van der Waals surface area contributed by atoms with Crippen molar-refractivity contribution >= 4 is 5.91 Å². The van der Waals surface area contributed by atoms with Crippen LogP contribution in [0.1, 0.15) is 64.7 Å². The van der Waals surface area contributed by atoms with Crippen LogP contribution in [0.4, 0.5) is 0 Å². The minimum Gasteiger partial charge on any atom is -0.389 e. The summed E-state index contributed by atoms with van der Waals surface area (Å²) in [5.41, 5.74) is 5.13. The summed E-state index contributed by atoms with van der Waals surface area (Å²) in [6, 6.07) is 0. The van der Waals surface area contributed by atoms with Gasteiger partial charge in [0, 0.05) is 25.4 Å². The van der Waals surface area contributed by atoms with Crippen LogP contribution in [-0.4, -0.2) is 41.1 Å². The van der Waals surface area contributed by atoms with Crippen molar-refractivity contribution in [1.82, 2.24) is 4.90 Å². The van der Waals surface area contributed by atoms with Crippen molar-refractivity contribution in [1.29, 1.82) is 0 Å². The number of likely N-dealkylation sites (tertiary alicyclic amines) is 1. The van der Waals surface area contributed by atoms with Gasteiger partial charge in [0.2, 0.25) is 5.91 Å². The van der Waals surface area contributed by atoms with Crippen molar-refractivity contribution in [3.63, 3.8) is 0 Å². The summed E-state index contributed by atoms with van der Waals surface area (Å²) in [6.07, 6.45) is 8.82. The van der Waals surface area contributed by atoms with Gasteiger partial charge in [-0.05, 0) is 44.6 Å². The Morgan fingerprint density at radius 2 is 2.19 bits per heavy atom. The maximum atomic E-state index is 12.4. The average Bonchev–Trinajstić information content (AvgIpc) is 2.50. The molecule has 0 radical (unpaired) electrons. The molecule has 0 aromatic heterocycles. The lowest BCUT2D eigenvalue weighted by Gasteiger charge is -2.47. The standard InChI is InChI=1S/C17H32N2O2/c1-2-14(8-11-18)6-7-16(20)19-12-10-17(21)9-4-3-5-15(17)13-19/h14-15,21H,2-13,18H2,1H3. The van der Waals surface area contributed by atoms with Crippen molar-refractivity contribution in [2.45, 2.75) is 70.3 Å². The minimum absolute atomic E-state index is 0.276. The topological polar surface area (TPSA) is 66.6 Å². The summed E-state index contributed by atoms with van der Waals surface area (Å²) < 4.78 is 0. The Morgan fingerprint density at radius 1 is 1.38 bits per heavy atom. The molecule has 122 valence electrons. The zero-order valence-electron chi connectivity index (χ0n) is 13.5. The van der Waals surface area contributed by atoms with Gasteiger partial charge in [-0.15, -0.1) is 0 Å². The van der Waals surface area contributed by atoms with E-state index in [1.165, 1.54) is 6.42 Å². The first-order valence-electron chi connectivity index (χ1n) is 8.79. The molecule has 3 atom stereocenters. The molecule has 1 saturated carbocycles. The highest BCUT2D eigenvalue weighted by Gasteiger charge is 2.43. The number of nitrogens with two attached hydrogens (primary N) is 1. The molecule has 2 fully saturated rings. The molecule has 1 aliphatic carbocycles. The third-order valence-electron chi connectivity index (χ3n) is 5.70. The first-order valence-corrected chi connectivity index (χ1v) is 8.79. The zero-order chi connectivity index (χ0) is 15.3. The molecule has 2 aliphatic rings. The van der Waals surface area contributed by atoms with Gasteiger partial charge in [-0.2, -0.15) is 0 Å². The summed E-state index contributed by atoms with van der Waals surface area (Å²) in [5, 5.41) is 10.7. The Balaban J connectivity index is 1.81. The smallest absolute Gasteiger partial charge is 0.222 e. The van der Waals surface area contributed by atoms with Crippen LogP contribution in [-0.2, 0) is 4.79 Å². The second-order valence-electron chi connectivity index (χ2n) is 7.03. The van der Waals surface area contributed by atoms with Crippen LogP contribution >= 0.6 is 0 Å². The van der Waals surface area contributed by atoms with Gasteiger partial charge in [0.25, 0.3) is 0 Å². The molecule has 3 N–H and O–H groups in total. The number of amides is 1. The summed E-state index contributed by atoms with van der Waals surface area (Å²) in [4.78, 5) is 14.4. The second-order valence-corrected chi connectivity index (χ2v) is 7.03. The average molecular weight is 296 g/mol. The maximum absolute atomic E-state index is 12.4. The molecule has 0 spiro atoms. The first kappa shape index (κ1) is 16.8. The van der Waals surface area contributed by atoms with Gasteiger partial charge in [-0.1, -0.05) is 26.2 Å². The van der Waals surface area contributed by atoms with E-state index in [9.17, 15) is 9.90 Å². The van der Waals surface area contributed by atoms with Gasteiger partial charge in [0.15, 0.2) is 0 Å². The van der Waals surface area contributed by atoms with E-state index in [2.05, 4.69) is 6.92 Å². The summed E-state index contributed by atoms with van der Waals surface area (Å²) >= 11 is 0. The fourth-order valence-electron chi connectivity index (χ4n) is 4.07. The number of hydrogen-bond donors (Lipinski definition) is 2. The van der Waals surface area contributed by atoms with Gasteiger partial charge in [0.05, 0.1) is 5.60 Å². The molecule has 1 amide bonds. The lowest BCUT2D eigenvalue weighted by Crippen LogP contribution is -2.54. The second kappa shape index (κ2) is 7.59. The van der Waals surface area contributed by atoms with Gasteiger partial charge in [-0.3, -0.25) is 4.79 Å². The van der Waals surface area contributed by atoms with E-state index >= 15 is 0 Å². The first-order chi connectivity index (χ1) is 10.1. The zero-order valence-corrected chi connectivity index (χ0v) is 13.5. The minimum atomic E-state index is -0.486. The molecule has 1 aliphatic heterocycles. The van der Waals surface area contributed by atoms with Crippen molar-refractivity contribution in [2.75, 3.05) is 19.6 Å². The van der Waals surface area contributed by atoms with Gasteiger partial charge in [-0.25, -0.2) is 0 Å². The molecule has 0 bridgehead atoms. The Labute approximate surface area is 129 Å². The van der Waals surface area contributed by atoms with Crippen molar-refractivity contribution < 1.29 is 9.90 Å². The molecule has 1 heterocycles. The van der Waals surface area contributed by atoms with Crippen LogP contribution in [0.3, 0.4) is 0 Å². The van der Waals surface area contributed by atoms with Crippen LogP contribution in [0.15, 0.2) is 0 Å². The molecule has 0 aromatic rings. The quantitative estimate of drug-likeness (QED) is 0.790. The normalized spacial score (nSPS) is 30.8. The fraction of sp³-hybridized carbons (Fsp3) is 0.941. The van der Waals surface area contributed by atoms with E-state index in [0.29, 0.717) is 24.8 Å². The highest BCUT2D eigenvalue weighted by atomic mass is 16.3. The number of aliphatic hydroxyl groups is 1.